The zero-order chi connectivity index (χ0) is 13.4. The highest BCUT2D eigenvalue weighted by molar-refractivity contribution is 5.34. The topological polar surface area (TPSA) is 55.6 Å². The van der Waals surface area contributed by atoms with Crippen LogP contribution in [-0.4, -0.2) is 29.0 Å². The highest BCUT2D eigenvalue weighted by Gasteiger charge is 2.41. The van der Waals surface area contributed by atoms with Crippen LogP contribution >= 0.6 is 0 Å². The molecule has 1 unspecified atom stereocenters. The molecule has 5 nitrogen and oxygen atoms in total. The van der Waals surface area contributed by atoms with Crippen molar-refractivity contribution >= 4 is 5.69 Å². The van der Waals surface area contributed by atoms with Crippen LogP contribution < -0.4 is 0 Å². The van der Waals surface area contributed by atoms with Gasteiger partial charge in [0.2, 0.25) is 0 Å². The summed E-state index contributed by atoms with van der Waals surface area (Å²) in [5.41, 5.74) is 1.13. The van der Waals surface area contributed by atoms with Gasteiger partial charge in [-0.1, -0.05) is 12.8 Å². The van der Waals surface area contributed by atoms with Gasteiger partial charge in [0, 0.05) is 18.2 Å². The van der Waals surface area contributed by atoms with Crippen molar-refractivity contribution in [2.75, 3.05) is 7.05 Å². The molecule has 1 heterocycles. The molecule has 3 atom stereocenters. The van der Waals surface area contributed by atoms with Crippen LogP contribution in [0.5, 0.6) is 0 Å². The number of non-ortho nitro benzene ring substituents is 1. The number of benzene rings is 1. The van der Waals surface area contributed by atoms with E-state index < -0.39 is 0 Å². The molecule has 1 aliphatic heterocycles. The fraction of sp³-hybridized carbons (Fsp3) is 0.571. The number of hydrogen-bond donors (Lipinski definition) is 0. The third-order valence-electron chi connectivity index (χ3n) is 4.25. The predicted octanol–water partition coefficient (Wildman–Crippen LogP) is 2.87. The summed E-state index contributed by atoms with van der Waals surface area (Å²) < 4.78 is 6.12. The Morgan fingerprint density at radius 2 is 1.95 bits per heavy atom. The van der Waals surface area contributed by atoms with Gasteiger partial charge in [0.15, 0.2) is 0 Å². The average molecular weight is 262 g/mol. The molecule has 0 aromatic heterocycles. The van der Waals surface area contributed by atoms with Gasteiger partial charge in [-0.15, -0.1) is 0 Å². The second-order valence-electron chi connectivity index (χ2n) is 5.39. The molecule has 0 amide bonds. The zero-order valence-corrected chi connectivity index (χ0v) is 11.0. The van der Waals surface area contributed by atoms with Crippen LogP contribution in [0.1, 0.15) is 37.5 Å². The minimum Gasteiger partial charge on any atom is -0.354 e. The number of nitrogens with zero attached hydrogens (tertiary/aromatic N) is 2. The van der Waals surface area contributed by atoms with Gasteiger partial charge in [-0.3, -0.25) is 15.0 Å². The highest BCUT2D eigenvalue weighted by atomic mass is 16.6. The second kappa shape index (κ2) is 4.90. The SMILES string of the molecule is CN1[C@H](c2ccc([N+](=O)[O-])cc2)OC2CCCC[C@@H]21. The number of ether oxygens (including phenoxy) is 1. The van der Waals surface area contributed by atoms with E-state index in [4.69, 9.17) is 4.74 Å². The van der Waals surface area contributed by atoms with E-state index >= 15 is 0 Å². The van der Waals surface area contributed by atoms with Gasteiger partial charge >= 0.3 is 0 Å². The fourth-order valence-corrected chi connectivity index (χ4v) is 3.21. The number of likely N-dealkylation sites (N-methyl/N-ethyl adjacent to an activating group) is 1. The molecular formula is C14H18N2O3. The van der Waals surface area contributed by atoms with Crippen LogP contribution in [0, 0.1) is 10.1 Å². The first kappa shape index (κ1) is 12.6. The molecule has 3 rings (SSSR count). The van der Waals surface area contributed by atoms with E-state index in [1.807, 2.05) is 0 Å². The van der Waals surface area contributed by atoms with Gasteiger partial charge in [0.05, 0.1) is 11.0 Å². The number of fused-ring (bicyclic) bond motifs is 1. The summed E-state index contributed by atoms with van der Waals surface area (Å²) in [6.45, 7) is 0. The maximum absolute atomic E-state index is 10.7. The lowest BCUT2D eigenvalue weighted by Gasteiger charge is -2.27. The number of nitro benzene ring substituents is 1. The lowest BCUT2D eigenvalue weighted by molar-refractivity contribution is -0.384. The molecule has 1 aliphatic carbocycles. The van der Waals surface area contributed by atoms with Gasteiger partial charge in [0.1, 0.15) is 6.23 Å². The van der Waals surface area contributed by atoms with E-state index in [9.17, 15) is 10.1 Å². The van der Waals surface area contributed by atoms with E-state index in [0.717, 1.165) is 12.0 Å². The van der Waals surface area contributed by atoms with Gasteiger partial charge in [-0.2, -0.15) is 0 Å². The summed E-state index contributed by atoms with van der Waals surface area (Å²) in [6.07, 6.45) is 5.07. The fourth-order valence-electron chi connectivity index (χ4n) is 3.21. The summed E-state index contributed by atoms with van der Waals surface area (Å²) >= 11 is 0. The Hall–Kier alpha value is -1.46. The van der Waals surface area contributed by atoms with Gasteiger partial charge in [-0.25, -0.2) is 0 Å². The molecule has 0 bridgehead atoms. The van der Waals surface area contributed by atoms with Crippen LogP contribution in [0.15, 0.2) is 24.3 Å². The smallest absolute Gasteiger partial charge is 0.269 e. The standard InChI is InChI=1S/C14H18N2O3/c1-15-12-4-2-3-5-13(12)19-14(15)10-6-8-11(9-7-10)16(17)18/h6-9,12-14H,2-5H2,1H3/t12-,13?,14-/m0/s1. The molecule has 0 spiro atoms. The van der Waals surface area contributed by atoms with E-state index in [0.29, 0.717) is 12.1 Å². The first-order chi connectivity index (χ1) is 9.16. The average Bonchev–Trinajstić information content (AvgIpc) is 2.77. The van der Waals surface area contributed by atoms with Crippen molar-refractivity contribution in [1.29, 1.82) is 0 Å². The molecular weight excluding hydrogens is 244 g/mol. The van der Waals surface area contributed by atoms with Crippen molar-refractivity contribution in [2.45, 2.75) is 44.1 Å². The monoisotopic (exact) mass is 262 g/mol. The molecule has 0 N–H and O–H groups in total. The van der Waals surface area contributed by atoms with Gasteiger partial charge in [-0.05, 0) is 37.6 Å². The normalized spacial score (nSPS) is 31.1. The Labute approximate surface area is 112 Å². The van der Waals surface area contributed by atoms with Crippen LogP contribution in [0.2, 0.25) is 0 Å². The number of rotatable bonds is 2. The van der Waals surface area contributed by atoms with Crippen molar-refractivity contribution < 1.29 is 9.66 Å². The van der Waals surface area contributed by atoms with Crippen molar-refractivity contribution in [2.24, 2.45) is 0 Å². The van der Waals surface area contributed by atoms with E-state index in [-0.39, 0.29) is 16.8 Å². The summed E-state index contributed by atoms with van der Waals surface area (Å²) in [7, 11) is 2.09. The Bertz CT molecular complexity index is 474. The molecule has 5 heteroatoms. The molecule has 2 aliphatic rings. The lowest BCUT2D eigenvalue weighted by Crippen LogP contribution is -2.35. The molecule has 1 saturated carbocycles. The maximum Gasteiger partial charge on any atom is 0.269 e. The van der Waals surface area contributed by atoms with Crippen LogP contribution in [0.4, 0.5) is 5.69 Å². The second-order valence-corrected chi connectivity index (χ2v) is 5.39. The largest absolute Gasteiger partial charge is 0.354 e. The van der Waals surface area contributed by atoms with Crippen LogP contribution in [0.25, 0.3) is 0 Å². The molecule has 19 heavy (non-hydrogen) atoms. The Kier molecular flexibility index (Phi) is 3.24. The van der Waals surface area contributed by atoms with Crippen LogP contribution in [-0.2, 0) is 4.74 Å². The quantitative estimate of drug-likeness (QED) is 0.607. The summed E-state index contributed by atoms with van der Waals surface area (Å²) in [4.78, 5) is 12.6. The van der Waals surface area contributed by atoms with Crippen molar-refractivity contribution in [1.82, 2.24) is 4.90 Å². The first-order valence-electron chi connectivity index (χ1n) is 6.78. The van der Waals surface area contributed by atoms with E-state index in [2.05, 4.69) is 11.9 Å². The molecule has 1 saturated heterocycles. The van der Waals surface area contributed by atoms with E-state index in [1.54, 1.807) is 24.3 Å². The third kappa shape index (κ3) is 2.24. The number of hydrogen-bond acceptors (Lipinski definition) is 4. The molecule has 2 fully saturated rings. The van der Waals surface area contributed by atoms with Gasteiger partial charge < -0.3 is 4.74 Å². The maximum atomic E-state index is 10.7. The zero-order valence-electron chi connectivity index (χ0n) is 11.0. The Morgan fingerprint density at radius 3 is 2.58 bits per heavy atom. The predicted molar refractivity (Wildman–Crippen MR) is 70.7 cm³/mol. The molecule has 0 radical (unpaired) electrons. The minimum absolute atomic E-state index is 0.0612. The number of nitro groups is 1. The van der Waals surface area contributed by atoms with Crippen LogP contribution in [0.3, 0.4) is 0 Å². The van der Waals surface area contributed by atoms with Crippen molar-refractivity contribution in [3.63, 3.8) is 0 Å². The van der Waals surface area contributed by atoms with Crippen molar-refractivity contribution in [3.8, 4) is 0 Å². The van der Waals surface area contributed by atoms with E-state index in [1.165, 1.54) is 19.3 Å². The Balaban J connectivity index is 1.80. The van der Waals surface area contributed by atoms with Gasteiger partial charge in [0.25, 0.3) is 5.69 Å². The summed E-state index contributed by atoms with van der Waals surface area (Å²) in [5, 5.41) is 10.7. The minimum atomic E-state index is -0.372. The summed E-state index contributed by atoms with van der Waals surface area (Å²) in [6, 6.07) is 7.20. The van der Waals surface area contributed by atoms with Crippen molar-refractivity contribution in [3.05, 3.63) is 39.9 Å². The summed E-state index contributed by atoms with van der Waals surface area (Å²) in [5.74, 6) is 0. The molecule has 1 aromatic carbocycles. The Morgan fingerprint density at radius 1 is 1.26 bits per heavy atom. The first-order valence-corrected chi connectivity index (χ1v) is 6.78. The molecule has 102 valence electrons. The molecule has 1 aromatic rings. The lowest BCUT2D eigenvalue weighted by atomic mass is 9.92. The highest BCUT2D eigenvalue weighted by Crippen LogP contribution is 2.39. The third-order valence-corrected chi connectivity index (χ3v) is 4.25.